The minimum absolute atomic E-state index is 0.00446. The SMILES string of the molecule is NC(=O)Cc1ccc(F)c(-c2cnc(NCC3(c4ncccc4F)CC(F)C3)nc2)c1. The first-order valence-corrected chi connectivity index (χ1v) is 9.74. The molecule has 1 fully saturated rings. The topological polar surface area (TPSA) is 93.8 Å². The minimum Gasteiger partial charge on any atom is -0.369 e. The van der Waals surface area contributed by atoms with Gasteiger partial charge in [-0.1, -0.05) is 6.07 Å². The number of anilines is 1. The second-order valence-corrected chi connectivity index (χ2v) is 7.73. The van der Waals surface area contributed by atoms with Gasteiger partial charge in [-0.2, -0.15) is 0 Å². The Labute approximate surface area is 176 Å². The number of aromatic nitrogens is 3. The highest BCUT2D eigenvalue weighted by atomic mass is 19.1. The Morgan fingerprint density at radius 2 is 1.87 bits per heavy atom. The lowest BCUT2D eigenvalue weighted by atomic mass is 9.65. The van der Waals surface area contributed by atoms with Crippen LogP contribution in [0.5, 0.6) is 0 Å². The summed E-state index contributed by atoms with van der Waals surface area (Å²) in [5, 5.41) is 3.01. The number of hydrogen-bond acceptors (Lipinski definition) is 5. The molecule has 3 aromatic rings. The molecule has 31 heavy (non-hydrogen) atoms. The number of primary amides is 1. The molecule has 1 aromatic carbocycles. The largest absolute Gasteiger partial charge is 0.369 e. The van der Waals surface area contributed by atoms with Crippen LogP contribution < -0.4 is 11.1 Å². The number of benzene rings is 1. The second kappa shape index (κ2) is 8.33. The Balaban J connectivity index is 1.50. The van der Waals surface area contributed by atoms with E-state index in [2.05, 4.69) is 20.3 Å². The van der Waals surface area contributed by atoms with Gasteiger partial charge in [-0.25, -0.2) is 23.1 Å². The number of nitrogens with one attached hydrogen (secondary N) is 1. The zero-order valence-electron chi connectivity index (χ0n) is 16.5. The Morgan fingerprint density at radius 3 is 2.52 bits per heavy atom. The van der Waals surface area contributed by atoms with Crippen LogP contribution in [-0.2, 0) is 16.6 Å². The Hall–Kier alpha value is -3.49. The van der Waals surface area contributed by atoms with Crippen molar-refractivity contribution in [3.05, 3.63) is 71.8 Å². The number of halogens is 3. The molecule has 1 amide bonds. The molecular formula is C22H20F3N5O. The van der Waals surface area contributed by atoms with Gasteiger partial charge in [0, 0.05) is 41.7 Å². The standard InChI is InChI=1S/C22H20F3N5O/c23-15-8-22(9-15,20-18(25)2-1-5-27-20)12-30-21-28-10-14(11-29-21)16-6-13(7-19(26)31)3-4-17(16)24/h1-6,10-11,15H,7-9,12H2,(H2,26,31)(H,28,29,30). The maximum Gasteiger partial charge on any atom is 0.222 e. The molecule has 0 saturated heterocycles. The van der Waals surface area contributed by atoms with E-state index in [4.69, 9.17) is 5.73 Å². The number of hydrogen-bond donors (Lipinski definition) is 2. The molecule has 0 bridgehead atoms. The summed E-state index contributed by atoms with van der Waals surface area (Å²) in [4.78, 5) is 23.6. The molecule has 9 heteroatoms. The van der Waals surface area contributed by atoms with Crippen molar-refractivity contribution in [2.45, 2.75) is 30.8 Å². The van der Waals surface area contributed by atoms with Crippen molar-refractivity contribution in [2.75, 3.05) is 11.9 Å². The van der Waals surface area contributed by atoms with Crippen molar-refractivity contribution in [3.63, 3.8) is 0 Å². The molecule has 0 unspecified atom stereocenters. The predicted octanol–water partition coefficient (Wildman–Crippen LogP) is 3.33. The smallest absolute Gasteiger partial charge is 0.222 e. The highest BCUT2D eigenvalue weighted by Gasteiger charge is 2.48. The van der Waals surface area contributed by atoms with Crippen LogP contribution in [0.4, 0.5) is 19.1 Å². The van der Waals surface area contributed by atoms with E-state index in [-0.39, 0.29) is 43.0 Å². The first kappa shape index (κ1) is 20.8. The number of nitrogens with zero attached hydrogens (tertiary/aromatic N) is 3. The molecule has 0 radical (unpaired) electrons. The number of amides is 1. The molecule has 1 aliphatic carbocycles. The summed E-state index contributed by atoms with van der Waals surface area (Å²) in [7, 11) is 0. The van der Waals surface area contributed by atoms with Gasteiger partial charge in [0.1, 0.15) is 17.8 Å². The molecule has 2 aromatic heterocycles. The summed E-state index contributed by atoms with van der Waals surface area (Å²) in [5.41, 5.74) is 5.90. The second-order valence-electron chi connectivity index (χ2n) is 7.73. The molecule has 6 nitrogen and oxygen atoms in total. The third-order valence-corrected chi connectivity index (χ3v) is 5.44. The molecule has 0 aliphatic heterocycles. The van der Waals surface area contributed by atoms with Crippen molar-refractivity contribution in [1.29, 1.82) is 0 Å². The van der Waals surface area contributed by atoms with Crippen LogP contribution >= 0.6 is 0 Å². The summed E-state index contributed by atoms with van der Waals surface area (Å²) in [6, 6.07) is 7.08. The van der Waals surface area contributed by atoms with E-state index in [0.717, 1.165) is 0 Å². The van der Waals surface area contributed by atoms with Gasteiger partial charge in [-0.3, -0.25) is 9.78 Å². The Morgan fingerprint density at radius 1 is 1.13 bits per heavy atom. The van der Waals surface area contributed by atoms with Gasteiger partial charge in [-0.05, 0) is 42.7 Å². The minimum atomic E-state index is -1.01. The van der Waals surface area contributed by atoms with Gasteiger partial charge in [0.25, 0.3) is 0 Å². The normalized spacial score (nSPS) is 20.2. The van der Waals surface area contributed by atoms with E-state index >= 15 is 0 Å². The number of rotatable bonds is 7. The zero-order valence-corrected chi connectivity index (χ0v) is 16.5. The summed E-state index contributed by atoms with van der Waals surface area (Å²) < 4.78 is 42.2. The van der Waals surface area contributed by atoms with Crippen molar-refractivity contribution in [2.24, 2.45) is 5.73 Å². The number of nitrogens with two attached hydrogens (primary N) is 1. The highest BCUT2D eigenvalue weighted by Crippen LogP contribution is 2.45. The lowest BCUT2D eigenvalue weighted by Crippen LogP contribution is -2.49. The third-order valence-electron chi connectivity index (χ3n) is 5.44. The molecule has 1 aliphatic rings. The van der Waals surface area contributed by atoms with Gasteiger partial charge in [0.2, 0.25) is 11.9 Å². The zero-order chi connectivity index (χ0) is 22.0. The first-order chi connectivity index (χ1) is 14.9. The number of alkyl halides is 1. The maximum atomic E-state index is 14.2. The van der Waals surface area contributed by atoms with E-state index in [0.29, 0.717) is 11.1 Å². The molecule has 0 spiro atoms. The van der Waals surface area contributed by atoms with Gasteiger partial charge in [0.05, 0.1) is 12.1 Å². The summed E-state index contributed by atoms with van der Waals surface area (Å²) in [6.07, 6.45) is 3.66. The third kappa shape index (κ3) is 4.35. The summed E-state index contributed by atoms with van der Waals surface area (Å²) >= 11 is 0. The van der Waals surface area contributed by atoms with Gasteiger partial charge in [0.15, 0.2) is 0 Å². The molecule has 1 saturated carbocycles. The molecular weight excluding hydrogens is 407 g/mol. The lowest BCUT2D eigenvalue weighted by molar-refractivity contribution is -0.117. The van der Waals surface area contributed by atoms with Crippen LogP contribution in [0.25, 0.3) is 11.1 Å². The van der Waals surface area contributed by atoms with Crippen LogP contribution in [0.2, 0.25) is 0 Å². The Bertz CT molecular complexity index is 1100. The number of pyridine rings is 1. The summed E-state index contributed by atoms with van der Waals surface area (Å²) in [5.74, 6) is -1.22. The first-order valence-electron chi connectivity index (χ1n) is 9.74. The Kier molecular flexibility index (Phi) is 5.58. The average Bonchev–Trinajstić information content (AvgIpc) is 2.72. The lowest BCUT2D eigenvalue weighted by Gasteiger charge is -2.43. The van der Waals surface area contributed by atoms with Crippen molar-refractivity contribution in [1.82, 2.24) is 15.0 Å². The molecule has 0 atom stereocenters. The van der Waals surface area contributed by atoms with Crippen LogP contribution in [0.1, 0.15) is 24.1 Å². The maximum absolute atomic E-state index is 14.2. The van der Waals surface area contributed by atoms with Crippen molar-refractivity contribution in [3.8, 4) is 11.1 Å². The molecule has 2 heterocycles. The summed E-state index contributed by atoms with van der Waals surface area (Å²) in [6.45, 7) is 0.211. The van der Waals surface area contributed by atoms with Crippen molar-refractivity contribution >= 4 is 11.9 Å². The van der Waals surface area contributed by atoms with Crippen LogP contribution in [0.15, 0.2) is 48.9 Å². The highest BCUT2D eigenvalue weighted by molar-refractivity contribution is 5.77. The average molecular weight is 427 g/mol. The number of carbonyl (C=O) groups is 1. The fourth-order valence-electron chi connectivity index (χ4n) is 3.90. The van der Waals surface area contributed by atoms with Crippen LogP contribution in [0, 0.1) is 11.6 Å². The molecule has 3 N–H and O–H groups in total. The molecule has 160 valence electrons. The van der Waals surface area contributed by atoms with E-state index in [1.807, 2.05) is 0 Å². The molecule has 4 rings (SSSR count). The monoisotopic (exact) mass is 427 g/mol. The van der Waals surface area contributed by atoms with Gasteiger partial charge in [-0.15, -0.1) is 0 Å². The fraction of sp³-hybridized carbons (Fsp3) is 0.273. The van der Waals surface area contributed by atoms with E-state index in [1.165, 1.54) is 48.9 Å². The van der Waals surface area contributed by atoms with Crippen molar-refractivity contribution < 1.29 is 18.0 Å². The van der Waals surface area contributed by atoms with E-state index < -0.39 is 29.1 Å². The van der Waals surface area contributed by atoms with E-state index in [1.54, 1.807) is 0 Å². The van der Waals surface area contributed by atoms with Crippen LogP contribution in [0.3, 0.4) is 0 Å². The fourth-order valence-corrected chi connectivity index (χ4v) is 3.90. The number of carbonyl (C=O) groups excluding carboxylic acids is 1. The van der Waals surface area contributed by atoms with Gasteiger partial charge < -0.3 is 11.1 Å². The quantitative estimate of drug-likeness (QED) is 0.603. The predicted molar refractivity (Wildman–Crippen MR) is 109 cm³/mol. The van der Waals surface area contributed by atoms with E-state index in [9.17, 15) is 18.0 Å². The van der Waals surface area contributed by atoms with Crippen LogP contribution in [-0.4, -0.2) is 33.6 Å². The van der Waals surface area contributed by atoms with Gasteiger partial charge >= 0.3 is 0 Å².